The van der Waals surface area contributed by atoms with E-state index in [0.717, 1.165) is 29.1 Å². The quantitative estimate of drug-likeness (QED) is 0.571. The van der Waals surface area contributed by atoms with Crippen LogP contribution in [-0.2, 0) is 6.42 Å². The third-order valence-electron chi connectivity index (χ3n) is 5.45. The summed E-state index contributed by atoms with van der Waals surface area (Å²) < 4.78 is 1.91. The molecule has 3 nitrogen and oxygen atoms in total. The first-order valence-electron chi connectivity index (χ1n) is 9.41. The molecule has 1 heterocycles. The molecule has 0 radical (unpaired) electrons. The summed E-state index contributed by atoms with van der Waals surface area (Å²) in [5.41, 5.74) is 6.08. The van der Waals surface area contributed by atoms with Gasteiger partial charge in [0.05, 0.1) is 22.6 Å². The van der Waals surface area contributed by atoms with Crippen molar-refractivity contribution >= 4 is 17.4 Å². The lowest BCUT2D eigenvalue weighted by molar-refractivity contribution is 0.0963. The molecule has 4 heteroatoms. The van der Waals surface area contributed by atoms with Gasteiger partial charge in [-0.05, 0) is 60.6 Å². The molecule has 0 saturated carbocycles. The number of ketones is 1. The Balaban J connectivity index is 1.72. The van der Waals surface area contributed by atoms with Crippen LogP contribution in [0.4, 0.5) is 0 Å². The summed E-state index contributed by atoms with van der Waals surface area (Å²) in [6.45, 7) is 6.30. The highest BCUT2D eigenvalue weighted by atomic mass is 35.5. The van der Waals surface area contributed by atoms with Gasteiger partial charge in [0, 0.05) is 11.4 Å². The standard InChI is InChI=1S/C23H23ClN2O/c1-14(2)16-4-6-17(7-5-16)18-12-21-23(22(27)13-18)15(3)25-26(21)20-10-8-19(24)9-11-20/h4-11,14,18H,12-13H2,1-3H3/t18-/m1/s1. The molecule has 3 aromatic rings. The average Bonchev–Trinajstić information content (AvgIpc) is 2.99. The third kappa shape index (κ3) is 3.32. The highest BCUT2D eigenvalue weighted by Gasteiger charge is 2.32. The first-order valence-corrected chi connectivity index (χ1v) is 9.79. The molecule has 0 unspecified atom stereocenters. The van der Waals surface area contributed by atoms with E-state index in [0.29, 0.717) is 17.4 Å². The van der Waals surface area contributed by atoms with Crippen molar-refractivity contribution in [3.8, 4) is 5.69 Å². The van der Waals surface area contributed by atoms with E-state index in [1.54, 1.807) is 0 Å². The van der Waals surface area contributed by atoms with Crippen molar-refractivity contribution in [3.63, 3.8) is 0 Å². The van der Waals surface area contributed by atoms with Gasteiger partial charge in [-0.2, -0.15) is 5.10 Å². The molecule has 1 aromatic heterocycles. The third-order valence-corrected chi connectivity index (χ3v) is 5.70. The molecule has 0 bridgehead atoms. The molecule has 138 valence electrons. The van der Waals surface area contributed by atoms with Crippen LogP contribution in [0.25, 0.3) is 5.69 Å². The molecule has 0 aliphatic heterocycles. The first kappa shape index (κ1) is 18.0. The number of hydrogen-bond acceptors (Lipinski definition) is 2. The lowest BCUT2D eigenvalue weighted by Crippen LogP contribution is -2.20. The Morgan fingerprint density at radius 2 is 1.70 bits per heavy atom. The van der Waals surface area contributed by atoms with Gasteiger partial charge < -0.3 is 0 Å². The van der Waals surface area contributed by atoms with Crippen molar-refractivity contribution in [1.29, 1.82) is 0 Å². The van der Waals surface area contributed by atoms with E-state index in [-0.39, 0.29) is 11.7 Å². The van der Waals surface area contributed by atoms with Crippen LogP contribution in [0.1, 0.15) is 65.0 Å². The zero-order valence-corrected chi connectivity index (χ0v) is 16.6. The molecule has 0 saturated heterocycles. The van der Waals surface area contributed by atoms with Gasteiger partial charge in [-0.1, -0.05) is 49.7 Å². The smallest absolute Gasteiger partial charge is 0.167 e. The van der Waals surface area contributed by atoms with Crippen LogP contribution in [0.2, 0.25) is 5.02 Å². The maximum atomic E-state index is 12.9. The lowest BCUT2D eigenvalue weighted by Gasteiger charge is -2.23. The largest absolute Gasteiger partial charge is 0.294 e. The summed E-state index contributed by atoms with van der Waals surface area (Å²) in [7, 11) is 0. The highest BCUT2D eigenvalue weighted by molar-refractivity contribution is 6.30. The fourth-order valence-electron chi connectivity index (χ4n) is 3.94. The Morgan fingerprint density at radius 1 is 1.04 bits per heavy atom. The van der Waals surface area contributed by atoms with E-state index in [9.17, 15) is 4.79 Å². The number of benzene rings is 2. The number of aromatic nitrogens is 2. The summed E-state index contributed by atoms with van der Waals surface area (Å²) in [6, 6.07) is 16.3. The van der Waals surface area contributed by atoms with E-state index in [4.69, 9.17) is 11.6 Å². The van der Waals surface area contributed by atoms with Crippen molar-refractivity contribution in [2.24, 2.45) is 0 Å². The number of carbonyl (C=O) groups excluding carboxylic acids is 1. The fraction of sp³-hybridized carbons (Fsp3) is 0.304. The fourth-order valence-corrected chi connectivity index (χ4v) is 4.07. The minimum atomic E-state index is 0.187. The number of carbonyl (C=O) groups is 1. The lowest BCUT2D eigenvalue weighted by atomic mass is 9.81. The van der Waals surface area contributed by atoms with Gasteiger partial charge in [0.15, 0.2) is 5.78 Å². The van der Waals surface area contributed by atoms with Gasteiger partial charge >= 0.3 is 0 Å². The van der Waals surface area contributed by atoms with Crippen LogP contribution >= 0.6 is 11.6 Å². The minimum Gasteiger partial charge on any atom is -0.294 e. The van der Waals surface area contributed by atoms with Gasteiger partial charge in [-0.3, -0.25) is 4.79 Å². The van der Waals surface area contributed by atoms with Gasteiger partial charge in [0.2, 0.25) is 0 Å². The van der Waals surface area contributed by atoms with Crippen LogP contribution in [0, 0.1) is 6.92 Å². The zero-order valence-electron chi connectivity index (χ0n) is 15.9. The Kier molecular flexibility index (Phi) is 4.65. The SMILES string of the molecule is Cc1nn(-c2ccc(Cl)cc2)c2c1C(=O)C[C@H](c1ccc(C(C)C)cc1)C2. The summed E-state index contributed by atoms with van der Waals surface area (Å²) in [4.78, 5) is 12.9. The number of halogens is 1. The van der Waals surface area contributed by atoms with E-state index in [1.165, 1.54) is 11.1 Å². The molecule has 4 rings (SSSR count). The van der Waals surface area contributed by atoms with E-state index < -0.39 is 0 Å². The normalized spacial score (nSPS) is 16.6. The second-order valence-corrected chi connectivity index (χ2v) is 8.08. The summed E-state index contributed by atoms with van der Waals surface area (Å²) in [5.74, 6) is 0.882. The summed E-state index contributed by atoms with van der Waals surface area (Å²) in [5, 5.41) is 5.35. The predicted octanol–water partition coefficient (Wildman–Crippen LogP) is 5.87. The van der Waals surface area contributed by atoms with E-state index in [2.05, 4.69) is 43.2 Å². The number of aryl methyl sites for hydroxylation is 1. The van der Waals surface area contributed by atoms with Crippen LogP contribution in [0.15, 0.2) is 48.5 Å². The Labute approximate surface area is 165 Å². The van der Waals surface area contributed by atoms with Crippen LogP contribution in [-0.4, -0.2) is 15.6 Å². The molecule has 2 aromatic carbocycles. The van der Waals surface area contributed by atoms with Gasteiger partial charge in [-0.25, -0.2) is 4.68 Å². The Morgan fingerprint density at radius 3 is 2.33 bits per heavy atom. The van der Waals surface area contributed by atoms with Gasteiger partial charge in [0.1, 0.15) is 0 Å². The number of Topliss-reactive ketones (excluding diaryl/α,β-unsaturated/α-hetero) is 1. The maximum absolute atomic E-state index is 12.9. The molecular formula is C23H23ClN2O. The van der Waals surface area contributed by atoms with E-state index >= 15 is 0 Å². The van der Waals surface area contributed by atoms with Crippen molar-refractivity contribution in [1.82, 2.24) is 9.78 Å². The molecule has 1 aliphatic carbocycles. The number of rotatable bonds is 3. The molecule has 1 atom stereocenters. The van der Waals surface area contributed by atoms with E-state index in [1.807, 2.05) is 35.9 Å². The topological polar surface area (TPSA) is 34.9 Å². The second kappa shape index (κ2) is 6.97. The summed E-state index contributed by atoms with van der Waals surface area (Å²) >= 11 is 6.03. The predicted molar refractivity (Wildman–Crippen MR) is 109 cm³/mol. The van der Waals surface area contributed by atoms with Crippen LogP contribution in [0.3, 0.4) is 0 Å². The minimum absolute atomic E-state index is 0.187. The molecular weight excluding hydrogens is 356 g/mol. The zero-order chi connectivity index (χ0) is 19.1. The first-order chi connectivity index (χ1) is 12.9. The van der Waals surface area contributed by atoms with Crippen molar-refractivity contribution in [2.45, 2.75) is 45.4 Å². The van der Waals surface area contributed by atoms with Crippen molar-refractivity contribution < 1.29 is 4.79 Å². The summed E-state index contributed by atoms with van der Waals surface area (Å²) in [6.07, 6.45) is 1.35. The van der Waals surface area contributed by atoms with Crippen LogP contribution in [0.5, 0.6) is 0 Å². The maximum Gasteiger partial charge on any atom is 0.167 e. The molecule has 27 heavy (non-hydrogen) atoms. The van der Waals surface area contributed by atoms with Crippen molar-refractivity contribution in [2.75, 3.05) is 0 Å². The monoisotopic (exact) mass is 378 g/mol. The van der Waals surface area contributed by atoms with Crippen LogP contribution < -0.4 is 0 Å². The Hall–Kier alpha value is -2.39. The number of hydrogen-bond donors (Lipinski definition) is 0. The highest BCUT2D eigenvalue weighted by Crippen LogP contribution is 2.35. The second-order valence-electron chi connectivity index (χ2n) is 7.65. The molecule has 0 fully saturated rings. The molecule has 0 amide bonds. The average molecular weight is 379 g/mol. The molecule has 0 spiro atoms. The van der Waals surface area contributed by atoms with Crippen molar-refractivity contribution in [3.05, 3.63) is 81.6 Å². The molecule has 1 aliphatic rings. The van der Waals surface area contributed by atoms with Gasteiger partial charge in [-0.15, -0.1) is 0 Å². The van der Waals surface area contributed by atoms with Gasteiger partial charge in [0.25, 0.3) is 0 Å². The number of fused-ring (bicyclic) bond motifs is 1. The Bertz CT molecular complexity index is 984. The molecule has 0 N–H and O–H groups in total. The number of nitrogens with zero attached hydrogens (tertiary/aromatic N) is 2.